The average molecular weight is 439 g/mol. The minimum Gasteiger partial charge on any atom is -0.467 e. The van der Waals surface area contributed by atoms with E-state index in [2.05, 4.69) is 36.4 Å². The predicted molar refractivity (Wildman–Crippen MR) is 108 cm³/mol. The number of carbonyl (C=O) groups excluding carboxylic acids is 1. The van der Waals surface area contributed by atoms with Gasteiger partial charge in [0.25, 0.3) is 11.6 Å². The van der Waals surface area contributed by atoms with Crippen LogP contribution in [0.2, 0.25) is 0 Å². The fourth-order valence-electron chi connectivity index (χ4n) is 2.71. The minimum absolute atomic E-state index is 0.216. The Morgan fingerprint density at radius 1 is 1.11 bits per heavy atom. The lowest BCUT2D eigenvalue weighted by Crippen LogP contribution is -2.21. The first-order chi connectivity index (χ1) is 13.6. The van der Waals surface area contributed by atoms with Gasteiger partial charge in [0.15, 0.2) is 6.61 Å². The summed E-state index contributed by atoms with van der Waals surface area (Å²) in [7, 11) is 0. The molecule has 0 aliphatic rings. The highest BCUT2D eigenvalue weighted by Gasteiger charge is 2.19. The molecule has 140 valence electrons. The molecule has 2 aromatic carbocycles. The van der Waals surface area contributed by atoms with Crippen molar-refractivity contribution in [2.24, 2.45) is 0 Å². The van der Waals surface area contributed by atoms with Crippen molar-refractivity contribution in [2.45, 2.75) is 6.92 Å². The molecule has 1 N–H and O–H groups in total. The van der Waals surface area contributed by atoms with Crippen LogP contribution in [0.4, 0.5) is 5.69 Å². The van der Waals surface area contributed by atoms with E-state index in [9.17, 15) is 4.79 Å². The number of carbonyl (C=O) groups is 1. The molecular weight excluding hydrogens is 424 g/mol. The Hall–Kier alpha value is -3.26. The molecule has 0 saturated heterocycles. The number of aromatic nitrogens is 3. The van der Waals surface area contributed by atoms with E-state index >= 15 is 0 Å². The molecule has 0 aliphatic carbocycles. The summed E-state index contributed by atoms with van der Waals surface area (Å²) < 4.78 is 11.9. The van der Waals surface area contributed by atoms with Crippen molar-refractivity contribution in [3.05, 3.63) is 64.9 Å². The van der Waals surface area contributed by atoms with Crippen molar-refractivity contribution in [3.63, 3.8) is 0 Å². The summed E-state index contributed by atoms with van der Waals surface area (Å²) in [5.41, 5.74) is 2.38. The second-order valence-electron chi connectivity index (χ2n) is 5.97. The molecule has 2 aromatic heterocycles. The zero-order valence-electron chi connectivity index (χ0n) is 14.8. The Morgan fingerprint density at radius 2 is 1.86 bits per heavy atom. The molecule has 0 unspecified atom stereocenters. The number of hydrogen-bond acceptors (Lipinski definition) is 6. The number of benzene rings is 2. The van der Waals surface area contributed by atoms with Gasteiger partial charge in [-0.3, -0.25) is 4.79 Å². The molecule has 4 rings (SSSR count). The predicted octanol–water partition coefficient (Wildman–Crippen LogP) is 4.37. The van der Waals surface area contributed by atoms with Gasteiger partial charge in [-0.25, -0.2) is 0 Å². The Bertz CT molecular complexity index is 1140. The molecular formula is C20H15BrN4O3. The molecule has 0 spiro atoms. The van der Waals surface area contributed by atoms with Gasteiger partial charge in [0.1, 0.15) is 16.9 Å². The molecule has 7 nitrogen and oxygen atoms in total. The highest BCUT2D eigenvalue weighted by atomic mass is 79.9. The largest absolute Gasteiger partial charge is 0.467 e. The number of rotatable bonds is 5. The molecule has 4 aromatic rings. The van der Waals surface area contributed by atoms with Gasteiger partial charge in [0.2, 0.25) is 5.88 Å². The minimum atomic E-state index is -0.311. The van der Waals surface area contributed by atoms with Crippen molar-refractivity contribution in [1.82, 2.24) is 15.1 Å². The van der Waals surface area contributed by atoms with E-state index in [-0.39, 0.29) is 18.4 Å². The maximum Gasteiger partial charge on any atom is 0.265 e. The third-order valence-electron chi connectivity index (χ3n) is 3.95. The normalized spacial score (nSPS) is 10.8. The molecule has 0 atom stereocenters. The fourth-order valence-corrected chi connectivity index (χ4v) is 3.09. The summed E-state index contributed by atoms with van der Waals surface area (Å²) in [5.74, 6) is 0.406. The van der Waals surface area contributed by atoms with Crippen LogP contribution in [0.15, 0.2) is 63.6 Å². The van der Waals surface area contributed by atoms with Crippen LogP contribution in [0.3, 0.4) is 0 Å². The number of halogens is 1. The topological polar surface area (TPSA) is 90.1 Å². The first kappa shape index (κ1) is 18.1. The summed E-state index contributed by atoms with van der Waals surface area (Å²) in [5, 5.41) is 7.43. The van der Waals surface area contributed by atoms with Crippen LogP contribution in [0.25, 0.3) is 22.4 Å². The van der Waals surface area contributed by atoms with Crippen LogP contribution < -0.4 is 10.1 Å². The van der Waals surface area contributed by atoms with E-state index in [1.54, 1.807) is 13.0 Å². The molecule has 2 heterocycles. The lowest BCUT2D eigenvalue weighted by Gasteiger charge is -2.09. The van der Waals surface area contributed by atoms with Crippen molar-refractivity contribution in [3.8, 4) is 17.1 Å². The molecule has 0 bridgehead atoms. The van der Waals surface area contributed by atoms with E-state index in [1.807, 2.05) is 48.5 Å². The first-order valence-electron chi connectivity index (χ1n) is 8.48. The number of para-hydroxylation sites is 1. The number of aryl methyl sites for hydroxylation is 1. The van der Waals surface area contributed by atoms with Gasteiger partial charge in [0.05, 0.1) is 5.69 Å². The zero-order valence-corrected chi connectivity index (χ0v) is 16.4. The molecule has 0 aliphatic heterocycles. The van der Waals surface area contributed by atoms with Crippen LogP contribution in [-0.4, -0.2) is 27.6 Å². The molecule has 0 fully saturated rings. The van der Waals surface area contributed by atoms with Gasteiger partial charge in [-0.15, -0.1) is 0 Å². The monoisotopic (exact) mass is 438 g/mol. The van der Waals surface area contributed by atoms with Gasteiger partial charge in [-0.05, 0) is 35.0 Å². The number of nitrogens with one attached hydrogen (secondary N) is 1. The number of nitrogens with zero attached hydrogens (tertiary/aromatic N) is 3. The SMILES string of the molecule is Cc1nc(OCC(=O)Nc2ccccc2Br)c2c(-c3ccccc3)noc2n1. The first-order valence-corrected chi connectivity index (χ1v) is 9.28. The van der Waals surface area contributed by atoms with Crippen molar-refractivity contribution < 1.29 is 14.1 Å². The second kappa shape index (κ2) is 7.77. The molecule has 1 amide bonds. The third-order valence-corrected chi connectivity index (χ3v) is 4.64. The average Bonchev–Trinajstić information content (AvgIpc) is 3.12. The summed E-state index contributed by atoms with van der Waals surface area (Å²) in [6.07, 6.45) is 0. The van der Waals surface area contributed by atoms with E-state index in [0.29, 0.717) is 28.3 Å². The van der Waals surface area contributed by atoms with E-state index < -0.39 is 0 Å². The van der Waals surface area contributed by atoms with Crippen LogP contribution in [-0.2, 0) is 4.79 Å². The third kappa shape index (κ3) is 3.72. The van der Waals surface area contributed by atoms with Gasteiger partial charge in [-0.1, -0.05) is 47.6 Å². The second-order valence-corrected chi connectivity index (χ2v) is 6.82. The molecule has 0 radical (unpaired) electrons. The summed E-state index contributed by atoms with van der Waals surface area (Å²) in [6, 6.07) is 16.9. The van der Waals surface area contributed by atoms with Crippen LogP contribution in [0, 0.1) is 6.92 Å². The Balaban J connectivity index is 1.60. The van der Waals surface area contributed by atoms with Gasteiger partial charge >= 0.3 is 0 Å². The van der Waals surface area contributed by atoms with E-state index in [0.717, 1.165) is 10.0 Å². The fraction of sp³-hybridized carbons (Fsp3) is 0.100. The Morgan fingerprint density at radius 3 is 2.64 bits per heavy atom. The van der Waals surface area contributed by atoms with Crippen LogP contribution in [0.1, 0.15) is 5.82 Å². The highest BCUT2D eigenvalue weighted by Crippen LogP contribution is 2.33. The van der Waals surface area contributed by atoms with E-state index in [1.165, 1.54) is 0 Å². The van der Waals surface area contributed by atoms with Crippen molar-refractivity contribution >= 4 is 38.6 Å². The standard InChI is InChI=1S/C20H15BrN4O3/c1-12-22-19(27-11-16(26)24-15-10-6-5-9-14(15)21)17-18(25-28-20(17)23-12)13-7-3-2-4-8-13/h2-10H,11H2,1H3,(H,24,26). The number of hydrogen-bond donors (Lipinski definition) is 1. The molecule has 28 heavy (non-hydrogen) atoms. The molecule has 0 saturated carbocycles. The Kier molecular flexibility index (Phi) is 5.03. The highest BCUT2D eigenvalue weighted by molar-refractivity contribution is 9.10. The number of amides is 1. The summed E-state index contributed by atoms with van der Waals surface area (Å²) in [4.78, 5) is 20.9. The van der Waals surface area contributed by atoms with Crippen LogP contribution >= 0.6 is 15.9 Å². The quantitative estimate of drug-likeness (QED) is 0.497. The van der Waals surface area contributed by atoms with Crippen LogP contribution in [0.5, 0.6) is 5.88 Å². The number of fused-ring (bicyclic) bond motifs is 1. The van der Waals surface area contributed by atoms with E-state index in [4.69, 9.17) is 9.26 Å². The summed E-state index contributed by atoms with van der Waals surface area (Å²) in [6.45, 7) is 1.50. The number of anilines is 1. The van der Waals surface area contributed by atoms with Gasteiger partial charge in [-0.2, -0.15) is 9.97 Å². The lowest BCUT2D eigenvalue weighted by molar-refractivity contribution is -0.118. The van der Waals surface area contributed by atoms with Crippen molar-refractivity contribution in [2.75, 3.05) is 11.9 Å². The van der Waals surface area contributed by atoms with Gasteiger partial charge in [0, 0.05) is 10.0 Å². The maximum absolute atomic E-state index is 12.3. The summed E-state index contributed by atoms with van der Waals surface area (Å²) >= 11 is 3.40. The lowest BCUT2D eigenvalue weighted by atomic mass is 10.1. The van der Waals surface area contributed by atoms with Crippen molar-refractivity contribution in [1.29, 1.82) is 0 Å². The van der Waals surface area contributed by atoms with Gasteiger partial charge < -0.3 is 14.6 Å². The Labute approximate surface area is 168 Å². The smallest absolute Gasteiger partial charge is 0.265 e. The number of ether oxygens (including phenoxy) is 1. The molecule has 8 heteroatoms. The zero-order chi connectivity index (χ0) is 19.5. The maximum atomic E-state index is 12.3.